The highest BCUT2D eigenvalue weighted by molar-refractivity contribution is 5.74. The van der Waals surface area contributed by atoms with Crippen LogP contribution < -0.4 is 0 Å². The van der Waals surface area contributed by atoms with Gasteiger partial charge in [-0.2, -0.15) is 0 Å². The van der Waals surface area contributed by atoms with Gasteiger partial charge in [-0.3, -0.25) is 0 Å². The van der Waals surface area contributed by atoms with Crippen LogP contribution in [0.4, 0.5) is 19.2 Å². The average Bonchev–Trinajstić information content (AvgIpc) is 1.79. The molecule has 0 unspecified atom stereocenters. The molecule has 0 aromatic rings. The molecule has 0 bridgehead atoms. The zero-order valence-electron chi connectivity index (χ0n) is 6.24. The molecule has 10 heteroatoms. The van der Waals surface area contributed by atoms with E-state index in [4.69, 9.17) is 20.4 Å². The van der Waals surface area contributed by atoms with Crippen molar-refractivity contribution < 1.29 is 49.1 Å². The summed E-state index contributed by atoms with van der Waals surface area (Å²) in [6, 6.07) is 0. The lowest BCUT2D eigenvalue weighted by Crippen LogP contribution is -2.05. The van der Waals surface area contributed by atoms with Crippen LogP contribution in [0.25, 0.3) is 0 Å². The van der Waals surface area contributed by atoms with Crippen LogP contribution in [0, 0.1) is 0 Å². The standard InChI is InChI=1S/2C2H2O5/c2*3-1(4)7-2(5)6/h2*(H,3,4)(H,5,6). The Balaban J connectivity index is 0. The minimum Gasteiger partial charge on any atom is -0.449 e. The fourth-order valence-electron chi connectivity index (χ4n) is 0.149. The molecule has 0 aromatic carbocycles. The number of hydrogen-bond acceptors (Lipinski definition) is 6. The van der Waals surface area contributed by atoms with Crippen molar-refractivity contribution in [3.8, 4) is 0 Å². The van der Waals surface area contributed by atoms with Crippen LogP contribution in [-0.2, 0) is 9.47 Å². The van der Waals surface area contributed by atoms with Gasteiger partial charge in [0.15, 0.2) is 0 Å². The SMILES string of the molecule is O=C(O)OC(=O)O.O=C(O)OC(=O)O. The van der Waals surface area contributed by atoms with E-state index in [0.29, 0.717) is 0 Å². The fourth-order valence-corrected chi connectivity index (χ4v) is 0.149. The molecule has 0 heterocycles. The van der Waals surface area contributed by atoms with Gasteiger partial charge in [-0.25, -0.2) is 19.2 Å². The van der Waals surface area contributed by atoms with E-state index in [9.17, 15) is 19.2 Å². The van der Waals surface area contributed by atoms with Gasteiger partial charge in [0.05, 0.1) is 0 Å². The third-order valence-corrected chi connectivity index (χ3v) is 0.349. The van der Waals surface area contributed by atoms with Crippen molar-refractivity contribution in [2.45, 2.75) is 0 Å². The second-order valence-electron chi connectivity index (χ2n) is 1.27. The van der Waals surface area contributed by atoms with Crippen molar-refractivity contribution in [1.29, 1.82) is 0 Å². The van der Waals surface area contributed by atoms with Gasteiger partial charge >= 0.3 is 24.6 Å². The number of carbonyl (C=O) groups is 4. The van der Waals surface area contributed by atoms with E-state index in [-0.39, 0.29) is 0 Å². The molecule has 0 aromatic heterocycles. The molecule has 0 aliphatic rings. The minimum absolute atomic E-state index is 1.81. The lowest BCUT2D eigenvalue weighted by molar-refractivity contribution is 0.0776. The number of hydrogen-bond donors (Lipinski definition) is 4. The Hall–Kier alpha value is -2.52. The topological polar surface area (TPSA) is 168 Å². The van der Waals surface area contributed by atoms with Gasteiger partial charge in [0.1, 0.15) is 0 Å². The summed E-state index contributed by atoms with van der Waals surface area (Å²) < 4.78 is 6.17. The van der Waals surface area contributed by atoms with Gasteiger partial charge in [0, 0.05) is 0 Å². The van der Waals surface area contributed by atoms with E-state index in [0.717, 1.165) is 0 Å². The summed E-state index contributed by atoms with van der Waals surface area (Å²) in [6.07, 6.45) is -7.25. The molecule has 0 rings (SSSR count). The molecule has 0 saturated carbocycles. The molecule has 0 aliphatic carbocycles. The second-order valence-corrected chi connectivity index (χ2v) is 1.27. The predicted molar refractivity (Wildman–Crippen MR) is 34.3 cm³/mol. The zero-order chi connectivity index (χ0) is 11.7. The average molecular weight is 212 g/mol. The molecule has 0 radical (unpaired) electrons. The number of carboxylic acid groups (broad SMARTS) is 4. The summed E-state index contributed by atoms with van der Waals surface area (Å²) in [5.41, 5.74) is 0. The Bertz CT molecular complexity index is 191. The molecule has 0 saturated heterocycles. The first-order chi connectivity index (χ1) is 6.25. The van der Waals surface area contributed by atoms with Gasteiger partial charge in [0.2, 0.25) is 0 Å². The first kappa shape index (κ1) is 14.0. The molecule has 0 spiro atoms. The summed E-state index contributed by atoms with van der Waals surface area (Å²) in [5, 5.41) is 29.9. The molecule has 80 valence electrons. The van der Waals surface area contributed by atoms with Gasteiger partial charge in [0.25, 0.3) is 0 Å². The van der Waals surface area contributed by atoms with Crippen molar-refractivity contribution in [3.05, 3.63) is 0 Å². The molecule has 14 heavy (non-hydrogen) atoms. The summed E-state index contributed by atoms with van der Waals surface area (Å²) in [7, 11) is 0. The van der Waals surface area contributed by atoms with Crippen LogP contribution in [-0.4, -0.2) is 45.0 Å². The summed E-state index contributed by atoms with van der Waals surface area (Å²) in [5.74, 6) is 0. The maximum Gasteiger partial charge on any atom is 0.516 e. The van der Waals surface area contributed by atoms with E-state index in [1.54, 1.807) is 0 Å². The van der Waals surface area contributed by atoms with Crippen molar-refractivity contribution in [2.75, 3.05) is 0 Å². The minimum atomic E-state index is -1.81. The molecule has 0 fully saturated rings. The molecule has 10 nitrogen and oxygen atoms in total. The van der Waals surface area contributed by atoms with Gasteiger partial charge in [-0.05, 0) is 0 Å². The summed E-state index contributed by atoms with van der Waals surface area (Å²) in [4.78, 5) is 36.8. The second kappa shape index (κ2) is 7.15. The van der Waals surface area contributed by atoms with E-state index in [1.165, 1.54) is 0 Å². The Labute approximate surface area is 74.9 Å². The third-order valence-electron chi connectivity index (χ3n) is 0.349. The zero-order valence-corrected chi connectivity index (χ0v) is 6.24. The van der Waals surface area contributed by atoms with Crippen LogP contribution in [0.2, 0.25) is 0 Å². The van der Waals surface area contributed by atoms with Gasteiger partial charge in [-0.15, -0.1) is 0 Å². The predicted octanol–water partition coefficient (Wildman–Crippen LogP) is 0.718. The fraction of sp³-hybridized carbons (Fsp3) is 0. The molecule has 0 aliphatic heterocycles. The van der Waals surface area contributed by atoms with Crippen LogP contribution in [0.5, 0.6) is 0 Å². The molecule has 0 amide bonds. The maximum absolute atomic E-state index is 9.21. The number of rotatable bonds is 0. The Kier molecular flexibility index (Phi) is 7.16. The largest absolute Gasteiger partial charge is 0.516 e. The van der Waals surface area contributed by atoms with Gasteiger partial charge < -0.3 is 29.9 Å². The molecule has 4 N–H and O–H groups in total. The Morgan fingerprint density at radius 2 is 0.714 bits per heavy atom. The van der Waals surface area contributed by atoms with Crippen molar-refractivity contribution in [3.63, 3.8) is 0 Å². The molecular weight excluding hydrogens is 208 g/mol. The number of ether oxygens (including phenoxy) is 2. The molecule has 0 atom stereocenters. The first-order valence-electron chi connectivity index (χ1n) is 2.53. The van der Waals surface area contributed by atoms with Crippen LogP contribution in [0.1, 0.15) is 0 Å². The highest BCUT2D eigenvalue weighted by atomic mass is 16.7. The van der Waals surface area contributed by atoms with E-state index in [2.05, 4.69) is 9.47 Å². The quantitative estimate of drug-likeness (QED) is 0.331. The lowest BCUT2D eigenvalue weighted by Gasteiger charge is -1.84. The van der Waals surface area contributed by atoms with Crippen molar-refractivity contribution >= 4 is 24.6 Å². The van der Waals surface area contributed by atoms with Crippen molar-refractivity contribution in [1.82, 2.24) is 0 Å². The highest BCUT2D eigenvalue weighted by Gasteiger charge is 2.01. The summed E-state index contributed by atoms with van der Waals surface area (Å²) in [6.45, 7) is 0. The third kappa shape index (κ3) is 22.7. The maximum atomic E-state index is 9.21. The summed E-state index contributed by atoms with van der Waals surface area (Å²) >= 11 is 0. The normalized spacial score (nSPS) is 7.43. The van der Waals surface area contributed by atoms with Crippen LogP contribution >= 0.6 is 0 Å². The lowest BCUT2D eigenvalue weighted by atomic mass is 11.3. The smallest absolute Gasteiger partial charge is 0.449 e. The van der Waals surface area contributed by atoms with Gasteiger partial charge in [-0.1, -0.05) is 0 Å². The highest BCUT2D eigenvalue weighted by Crippen LogP contribution is 1.74. The van der Waals surface area contributed by atoms with Crippen LogP contribution in [0.15, 0.2) is 0 Å². The molecular formula is C4H4O10. The van der Waals surface area contributed by atoms with Crippen LogP contribution in [0.3, 0.4) is 0 Å². The van der Waals surface area contributed by atoms with E-state index in [1.807, 2.05) is 0 Å². The Morgan fingerprint density at radius 1 is 0.571 bits per heavy atom. The van der Waals surface area contributed by atoms with Crippen molar-refractivity contribution in [2.24, 2.45) is 0 Å². The Morgan fingerprint density at radius 3 is 0.714 bits per heavy atom. The first-order valence-corrected chi connectivity index (χ1v) is 2.53. The van der Waals surface area contributed by atoms with E-state index < -0.39 is 24.6 Å². The monoisotopic (exact) mass is 212 g/mol. The van der Waals surface area contributed by atoms with E-state index >= 15 is 0 Å².